The Morgan fingerprint density at radius 3 is 2.52 bits per heavy atom. The molecule has 0 unspecified atom stereocenters. The standard InChI is InChI=1S/C18H19BrN2O2/c1-12-6-4-9-16(13(12)2)20-17(22)11-21(3)18(23)14-7-5-8-15(19)10-14/h4-10H,11H2,1-3H3,(H,20,22). The van der Waals surface area contributed by atoms with E-state index in [0.717, 1.165) is 21.3 Å². The van der Waals surface area contributed by atoms with E-state index >= 15 is 0 Å². The van der Waals surface area contributed by atoms with Gasteiger partial charge in [-0.25, -0.2) is 0 Å². The molecule has 0 radical (unpaired) electrons. The summed E-state index contributed by atoms with van der Waals surface area (Å²) in [5.41, 5.74) is 3.46. The summed E-state index contributed by atoms with van der Waals surface area (Å²) in [5.74, 6) is -0.410. The topological polar surface area (TPSA) is 49.4 Å². The van der Waals surface area contributed by atoms with Crippen LogP contribution in [-0.4, -0.2) is 30.3 Å². The first kappa shape index (κ1) is 17.2. The molecule has 2 rings (SSSR count). The van der Waals surface area contributed by atoms with E-state index in [1.807, 2.05) is 38.1 Å². The Kier molecular flexibility index (Phi) is 5.55. The van der Waals surface area contributed by atoms with Gasteiger partial charge in [0.25, 0.3) is 5.91 Å². The Hall–Kier alpha value is -2.14. The smallest absolute Gasteiger partial charge is 0.254 e. The molecule has 23 heavy (non-hydrogen) atoms. The maximum absolute atomic E-state index is 12.3. The number of anilines is 1. The number of carbonyl (C=O) groups excluding carboxylic acids is 2. The van der Waals surface area contributed by atoms with Gasteiger partial charge in [0, 0.05) is 22.8 Å². The molecular formula is C18H19BrN2O2. The van der Waals surface area contributed by atoms with Crippen LogP contribution in [0.3, 0.4) is 0 Å². The summed E-state index contributed by atoms with van der Waals surface area (Å²) in [6.07, 6.45) is 0. The Balaban J connectivity index is 2.02. The maximum Gasteiger partial charge on any atom is 0.254 e. The number of benzene rings is 2. The fraction of sp³-hybridized carbons (Fsp3) is 0.222. The van der Waals surface area contributed by atoms with Crippen LogP contribution in [0.4, 0.5) is 5.69 Å². The van der Waals surface area contributed by atoms with Crippen LogP contribution >= 0.6 is 15.9 Å². The predicted octanol–water partition coefficient (Wildman–Crippen LogP) is 3.78. The summed E-state index contributed by atoms with van der Waals surface area (Å²) in [5, 5.41) is 2.86. The third-order valence-electron chi connectivity index (χ3n) is 3.68. The SMILES string of the molecule is Cc1cccc(NC(=O)CN(C)C(=O)c2cccc(Br)c2)c1C. The van der Waals surface area contributed by atoms with Gasteiger partial charge < -0.3 is 10.2 Å². The first-order valence-electron chi connectivity index (χ1n) is 7.25. The van der Waals surface area contributed by atoms with Crippen LogP contribution in [0.15, 0.2) is 46.9 Å². The lowest BCUT2D eigenvalue weighted by molar-refractivity contribution is -0.116. The molecule has 0 heterocycles. The molecule has 4 nitrogen and oxygen atoms in total. The molecule has 120 valence electrons. The minimum Gasteiger partial charge on any atom is -0.332 e. The van der Waals surface area contributed by atoms with Crippen molar-refractivity contribution in [1.29, 1.82) is 0 Å². The molecular weight excluding hydrogens is 356 g/mol. The highest BCUT2D eigenvalue weighted by atomic mass is 79.9. The van der Waals surface area contributed by atoms with Crippen LogP contribution < -0.4 is 5.32 Å². The normalized spacial score (nSPS) is 10.3. The molecule has 0 bridgehead atoms. The first-order valence-corrected chi connectivity index (χ1v) is 8.05. The first-order chi connectivity index (χ1) is 10.9. The highest BCUT2D eigenvalue weighted by Crippen LogP contribution is 2.18. The number of carbonyl (C=O) groups is 2. The second-order valence-corrected chi connectivity index (χ2v) is 6.38. The zero-order valence-corrected chi connectivity index (χ0v) is 15.0. The highest BCUT2D eigenvalue weighted by Gasteiger charge is 2.15. The fourth-order valence-corrected chi connectivity index (χ4v) is 2.60. The third-order valence-corrected chi connectivity index (χ3v) is 4.17. The van der Waals surface area contributed by atoms with E-state index in [2.05, 4.69) is 21.2 Å². The van der Waals surface area contributed by atoms with E-state index < -0.39 is 0 Å². The van der Waals surface area contributed by atoms with E-state index in [0.29, 0.717) is 5.56 Å². The number of hydrogen-bond donors (Lipinski definition) is 1. The summed E-state index contributed by atoms with van der Waals surface area (Å²) < 4.78 is 0.830. The summed E-state index contributed by atoms with van der Waals surface area (Å²) in [6, 6.07) is 12.9. The van der Waals surface area contributed by atoms with Crippen molar-refractivity contribution < 1.29 is 9.59 Å². The Morgan fingerprint density at radius 1 is 1.13 bits per heavy atom. The minimum atomic E-state index is -0.218. The van der Waals surface area contributed by atoms with Gasteiger partial charge in [-0.15, -0.1) is 0 Å². The number of nitrogens with one attached hydrogen (secondary N) is 1. The van der Waals surface area contributed by atoms with Crippen molar-refractivity contribution in [3.8, 4) is 0 Å². The number of hydrogen-bond acceptors (Lipinski definition) is 2. The summed E-state index contributed by atoms with van der Waals surface area (Å²) in [6.45, 7) is 3.95. The monoisotopic (exact) mass is 374 g/mol. The quantitative estimate of drug-likeness (QED) is 0.884. The van der Waals surface area contributed by atoms with Gasteiger partial charge in [-0.1, -0.05) is 34.1 Å². The lowest BCUT2D eigenvalue weighted by Crippen LogP contribution is -2.35. The number of halogens is 1. The third kappa shape index (κ3) is 4.42. The van der Waals surface area contributed by atoms with Gasteiger partial charge in [0.2, 0.25) is 5.91 Å². The Morgan fingerprint density at radius 2 is 1.83 bits per heavy atom. The van der Waals surface area contributed by atoms with E-state index in [1.165, 1.54) is 4.90 Å². The van der Waals surface area contributed by atoms with Gasteiger partial charge >= 0.3 is 0 Å². The minimum absolute atomic E-state index is 0.00126. The fourth-order valence-electron chi connectivity index (χ4n) is 2.21. The molecule has 2 aromatic rings. The zero-order chi connectivity index (χ0) is 17.0. The summed E-state index contributed by atoms with van der Waals surface area (Å²) in [7, 11) is 1.62. The molecule has 0 spiro atoms. The molecule has 0 aliphatic carbocycles. The average Bonchev–Trinajstić information content (AvgIpc) is 2.51. The molecule has 0 aliphatic rings. The molecule has 0 aliphatic heterocycles. The summed E-state index contributed by atoms with van der Waals surface area (Å²) >= 11 is 3.34. The number of nitrogens with zero attached hydrogens (tertiary/aromatic N) is 1. The van der Waals surface area contributed by atoms with Crippen molar-refractivity contribution in [2.24, 2.45) is 0 Å². The van der Waals surface area contributed by atoms with Crippen molar-refractivity contribution in [2.45, 2.75) is 13.8 Å². The van der Waals surface area contributed by atoms with Crippen molar-refractivity contribution in [3.05, 3.63) is 63.6 Å². The zero-order valence-electron chi connectivity index (χ0n) is 13.4. The van der Waals surface area contributed by atoms with Crippen molar-refractivity contribution in [2.75, 3.05) is 18.9 Å². The van der Waals surface area contributed by atoms with E-state index in [1.54, 1.807) is 25.2 Å². The lowest BCUT2D eigenvalue weighted by atomic mass is 10.1. The Labute approximate surface area is 144 Å². The number of amides is 2. The van der Waals surface area contributed by atoms with E-state index in [-0.39, 0.29) is 18.4 Å². The molecule has 0 saturated heterocycles. The average molecular weight is 375 g/mol. The Bertz CT molecular complexity index is 744. The molecule has 0 atom stereocenters. The van der Waals surface area contributed by atoms with Crippen molar-refractivity contribution in [3.63, 3.8) is 0 Å². The van der Waals surface area contributed by atoms with Gasteiger partial charge in [-0.05, 0) is 49.2 Å². The van der Waals surface area contributed by atoms with Crippen LogP contribution in [0.2, 0.25) is 0 Å². The van der Waals surface area contributed by atoms with Gasteiger partial charge in [0.05, 0.1) is 6.54 Å². The van der Waals surface area contributed by atoms with Crippen LogP contribution in [0.1, 0.15) is 21.5 Å². The van der Waals surface area contributed by atoms with Gasteiger partial charge in [0.15, 0.2) is 0 Å². The van der Waals surface area contributed by atoms with Crippen LogP contribution in [0, 0.1) is 13.8 Å². The molecule has 1 N–H and O–H groups in total. The number of likely N-dealkylation sites (N-methyl/N-ethyl adjacent to an activating group) is 1. The number of rotatable bonds is 4. The maximum atomic E-state index is 12.3. The van der Waals surface area contributed by atoms with Crippen molar-refractivity contribution >= 4 is 33.4 Å². The second-order valence-electron chi connectivity index (χ2n) is 5.47. The highest BCUT2D eigenvalue weighted by molar-refractivity contribution is 9.10. The molecule has 0 saturated carbocycles. The predicted molar refractivity (Wildman–Crippen MR) is 95.6 cm³/mol. The van der Waals surface area contributed by atoms with Gasteiger partial charge in [0.1, 0.15) is 0 Å². The van der Waals surface area contributed by atoms with Gasteiger partial charge in [-0.2, -0.15) is 0 Å². The molecule has 0 aromatic heterocycles. The van der Waals surface area contributed by atoms with Crippen LogP contribution in [-0.2, 0) is 4.79 Å². The van der Waals surface area contributed by atoms with Crippen LogP contribution in [0.25, 0.3) is 0 Å². The molecule has 2 amide bonds. The second kappa shape index (κ2) is 7.42. The van der Waals surface area contributed by atoms with E-state index in [4.69, 9.17) is 0 Å². The lowest BCUT2D eigenvalue weighted by Gasteiger charge is -2.18. The summed E-state index contributed by atoms with van der Waals surface area (Å²) in [4.78, 5) is 25.9. The van der Waals surface area contributed by atoms with E-state index in [9.17, 15) is 9.59 Å². The largest absolute Gasteiger partial charge is 0.332 e. The molecule has 5 heteroatoms. The molecule has 0 fully saturated rings. The van der Waals surface area contributed by atoms with Crippen molar-refractivity contribution in [1.82, 2.24) is 4.90 Å². The molecule has 2 aromatic carbocycles. The van der Waals surface area contributed by atoms with Crippen LogP contribution in [0.5, 0.6) is 0 Å². The van der Waals surface area contributed by atoms with Gasteiger partial charge in [-0.3, -0.25) is 9.59 Å². The number of aryl methyl sites for hydroxylation is 1.